The third-order valence-electron chi connectivity index (χ3n) is 4.17. The van der Waals surface area contributed by atoms with Crippen molar-refractivity contribution in [1.29, 1.82) is 0 Å². The van der Waals surface area contributed by atoms with Gasteiger partial charge in [-0.2, -0.15) is 0 Å². The lowest BCUT2D eigenvalue weighted by Crippen LogP contribution is -2.39. The molecule has 7 heteroatoms. The minimum Gasteiger partial charge on any atom is -0.461 e. The maximum Gasteiger partial charge on any atom is 0.302 e. The SMILES string of the molecule is CC(=O)OC1CNC(C(=O)NCc2ccc(-c3scnc3C)cc2)C1. The molecule has 2 unspecified atom stereocenters. The van der Waals surface area contributed by atoms with Gasteiger partial charge < -0.3 is 15.4 Å². The molecule has 132 valence electrons. The number of ether oxygens (including phenoxy) is 1. The predicted octanol–water partition coefficient (Wildman–Crippen LogP) is 2.03. The highest BCUT2D eigenvalue weighted by molar-refractivity contribution is 7.13. The zero-order chi connectivity index (χ0) is 17.8. The number of aromatic nitrogens is 1. The van der Waals surface area contributed by atoms with Crippen LogP contribution >= 0.6 is 11.3 Å². The minimum atomic E-state index is -0.316. The molecule has 0 aliphatic carbocycles. The van der Waals surface area contributed by atoms with Crippen molar-refractivity contribution < 1.29 is 14.3 Å². The lowest BCUT2D eigenvalue weighted by molar-refractivity contribution is -0.145. The van der Waals surface area contributed by atoms with Crippen molar-refractivity contribution in [2.24, 2.45) is 0 Å². The summed E-state index contributed by atoms with van der Waals surface area (Å²) in [6.07, 6.45) is 0.282. The second-order valence-corrected chi connectivity index (χ2v) is 6.96. The Hall–Kier alpha value is -2.25. The molecule has 2 atom stereocenters. The van der Waals surface area contributed by atoms with E-state index < -0.39 is 0 Å². The molecule has 2 N–H and O–H groups in total. The molecular weight excluding hydrogens is 338 g/mol. The molecule has 1 aromatic carbocycles. The fourth-order valence-corrected chi connectivity index (χ4v) is 3.70. The molecule has 1 aliphatic heterocycles. The van der Waals surface area contributed by atoms with Crippen LogP contribution in [0.25, 0.3) is 10.4 Å². The van der Waals surface area contributed by atoms with Gasteiger partial charge in [0, 0.05) is 26.4 Å². The Morgan fingerprint density at radius 1 is 1.36 bits per heavy atom. The number of benzene rings is 1. The Morgan fingerprint density at radius 3 is 2.76 bits per heavy atom. The summed E-state index contributed by atoms with van der Waals surface area (Å²) in [7, 11) is 0. The quantitative estimate of drug-likeness (QED) is 0.799. The highest BCUT2D eigenvalue weighted by Gasteiger charge is 2.30. The highest BCUT2D eigenvalue weighted by atomic mass is 32.1. The van der Waals surface area contributed by atoms with Crippen LogP contribution in [0.5, 0.6) is 0 Å². The average molecular weight is 359 g/mol. The number of hydrogen-bond acceptors (Lipinski definition) is 6. The van der Waals surface area contributed by atoms with Crippen LogP contribution in [-0.4, -0.2) is 35.6 Å². The van der Waals surface area contributed by atoms with E-state index >= 15 is 0 Å². The second-order valence-electron chi connectivity index (χ2n) is 6.11. The Labute approximate surface area is 150 Å². The number of amides is 1. The molecule has 0 radical (unpaired) electrons. The number of nitrogens with zero attached hydrogens (tertiary/aromatic N) is 1. The Bertz CT molecular complexity index is 757. The summed E-state index contributed by atoms with van der Waals surface area (Å²) in [5, 5.41) is 6.02. The van der Waals surface area contributed by atoms with Crippen LogP contribution in [0.1, 0.15) is 24.6 Å². The monoisotopic (exact) mass is 359 g/mol. The van der Waals surface area contributed by atoms with Gasteiger partial charge in [-0.15, -0.1) is 11.3 Å². The van der Waals surface area contributed by atoms with E-state index in [0.29, 0.717) is 19.5 Å². The van der Waals surface area contributed by atoms with Crippen molar-refractivity contribution in [2.45, 2.75) is 39.0 Å². The summed E-state index contributed by atoms with van der Waals surface area (Å²) < 4.78 is 5.13. The number of thiazole rings is 1. The van der Waals surface area contributed by atoms with E-state index in [1.54, 1.807) is 11.3 Å². The van der Waals surface area contributed by atoms with Gasteiger partial charge in [0.05, 0.1) is 22.1 Å². The molecule has 1 saturated heterocycles. The summed E-state index contributed by atoms with van der Waals surface area (Å²) in [6.45, 7) is 4.36. The van der Waals surface area contributed by atoms with E-state index in [0.717, 1.165) is 16.8 Å². The van der Waals surface area contributed by atoms with Crippen molar-refractivity contribution in [2.75, 3.05) is 6.54 Å². The summed E-state index contributed by atoms with van der Waals surface area (Å²) in [5.74, 6) is -0.388. The van der Waals surface area contributed by atoms with Gasteiger partial charge in [-0.05, 0) is 18.1 Å². The van der Waals surface area contributed by atoms with Crippen LogP contribution in [0.15, 0.2) is 29.8 Å². The summed E-state index contributed by atoms with van der Waals surface area (Å²) in [5.41, 5.74) is 5.04. The second kappa shape index (κ2) is 7.76. The molecular formula is C18H21N3O3S. The van der Waals surface area contributed by atoms with Crippen LogP contribution < -0.4 is 10.6 Å². The Morgan fingerprint density at radius 2 is 2.12 bits per heavy atom. The maximum absolute atomic E-state index is 12.2. The van der Waals surface area contributed by atoms with Gasteiger partial charge in [0.2, 0.25) is 5.91 Å². The van der Waals surface area contributed by atoms with Crippen molar-refractivity contribution in [3.63, 3.8) is 0 Å². The normalized spacial score (nSPS) is 19.6. The number of carbonyl (C=O) groups excluding carboxylic acids is 2. The number of esters is 1. The molecule has 2 aromatic rings. The van der Waals surface area contributed by atoms with E-state index in [9.17, 15) is 9.59 Å². The molecule has 1 aliphatic rings. The number of hydrogen-bond donors (Lipinski definition) is 2. The smallest absolute Gasteiger partial charge is 0.302 e. The third-order valence-corrected chi connectivity index (χ3v) is 5.15. The molecule has 25 heavy (non-hydrogen) atoms. The average Bonchev–Trinajstić information content (AvgIpc) is 3.22. The molecule has 2 heterocycles. The number of rotatable bonds is 5. The van der Waals surface area contributed by atoms with Crippen molar-refractivity contribution >= 4 is 23.2 Å². The van der Waals surface area contributed by atoms with Crippen LogP contribution in [0.3, 0.4) is 0 Å². The van der Waals surface area contributed by atoms with Crippen molar-refractivity contribution in [3.8, 4) is 10.4 Å². The third kappa shape index (κ3) is 4.43. The van der Waals surface area contributed by atoms with Crippen molar-refractivity contribution in [1.82, 2.24) is 15.6 Å². The summed E-state index contributed by atoms with van der Waals surface area (Å²) in [4.78, 5) is 28.6. The van der Waals surface area contributed by atoms with E-state index in [1.807, 2.05) is 36.7 Å². The first-order chi connectivity index (χ1) is 12.0. The van der Waals surface area contributed by atoms with Crippen LogP contribution in [-0.2, 0) is 20.9 Å². The molecule has 1 aromatic heterocycles. The van der Waals surface area contributed by atoms with Crippen molar-refractivity contribution in [3.05, 3.63) is 41.0 Å². The lowest BCUT2D eigenvalue weighted by Gasteiger charge is -2.12. The van der Waals surface area contributed by atoms with E-state index in [-0.39, 0.29) is 24.0 Å². The Balaban J connectivity index is 1.51. The largest absolute Gasteiger partial charge is 0.461 e. The first kappa shape index (κ1) is 17.6. The molecule has 0 spiro atoms. The zero-order valence-electron chi connectivity index (χ0n) is 14.2. The molecule has 1 amide bonds. The van der Waals surface area contributed by atoms with Gasteiger partial charge in [0.15, 0.2) is 0 Å². The number of carbonyl (C=O) groups is 2. The first-order valence-electron chi connectivity index (χ1n) is 8.20. The Kier molecular flexibility index (Phi) is 5.45. The first-order valence-corrected chi connectivity index (χ1v) is 9.08. The molecule has 3 rings (SSSR count). The minimum absolute atomic E-state index is 0.0722. The zero-order valence-corrected chi connectivity index (χ0v) is 15.1. The van der Waals surface area contributed by atoms with E-state index in [4.69, 9.17) is 4.74 Å². The van der Waals surface area contributed by atoms with E-state index in [2.05, 4.69) is 15.6 Å². The summed E-state index contributed by atoms with van der Waals surface area (Å²) in [6, 6.07) is 7.80. The topological polar surface area (TPSA) is 80.3 Å². The molecule has 6 nitrogen and oxygen atoms in total. The van der Waals surface area contributed by atoms with Crippen LogP contribution in [0, 0.1) is 6.92 Å². The van der Waals surface area contributed by atoms with Gasteiger partial charge >= 0.3 is 5.97 Å². The molecule has 0 bridgehead atoms. The standard InChI is InChI=1S/C18H21N3O3S/c1-11-17(25-10-21-11)14-5-3-13(4-6-14)8-20-18(23)16-7-15(9-19-16)24-12(2)22/h3-6,10,15-16,19H,7-9H2,1-2H3,(H,20,23). The lowest BCUT2D eigenvalue weighted by atomic mass is 10.1. The highest BCUT2D eigenvalue weighted by Crippen LogP contribution is 2.27. The molecule has 0 saturated carbocycles. The van der Waals surface area contributed by atoms with Gasteiger partial charge in [0.25, 0.3) is 0 Å². The van der Waals surface area contributed by atoms with Gasteiger partial charge in [-0.25, -0.2) is 4.98 Å². The van der Waals surface area contributed by atoms with Gasteiger partial charge in [0.1, 0.15) is 6.10 Å². The fourth-order valence-electron chi connectivity index (χ4n) is 2.89. The fraction of sp³-hybridized carbons (Fsp3) is 0.389. The predicted molar refractivity (Wildman–Crippen MR) is 96.1 cm³/mol. The van der Waals surface area contributed by atoms with Crippen LogP contribution in [0.4, 0.5) is 0 Å². The molecule has 1 fully saturated rings. The van der Waals surface area contributed by atoms with Crippen LogP contribution in [0.2, 0.25) is 0 Å². The summed E-state index contributed by atoms with van der Waals surface area (Å²) >= 11 is 1.62. The van der Waals surface area contributed by atoms with E-state index in [1.165, 1.54) is 11.8 Å². The number of nitrogens with one attached hydrogen (secondary N) is 2. The van der Waals surface area contributed by atoms with Gasteiger partial charge in [-0.1, -0.05) is 24.3 Å². The number of aryl methyl sites for hydroxylation is 1. The van der Waals surface area contributed by atoms with Gasteiger partial charge in [-0.3, -0.25) is 9.59 Å². The maximum atomic E-state index is 12.2.